The van der Waals surface area contributed by atoms with Gasteiger partial charge in [-0.1, -0.05) is 24.3 Å². The molecule has 9 heteroatoms. The molecule has 1 unspecified atom stereocenters. The number of halogens is 4. The molecule has 2 aromatic carbocycles. The predicted molar refractivity (Wildman–Crippen MR) is 89.3 cm³/mol. The summed E-state index contributed by atoms with van der Waals surface area (Å²) < 4.78 is 78.5. The van der Waals surface area contributed by atoms with Crippen molar-refractivity contribution in [1.82, 2.24) is 0 Å². The van der Waals surface area contributed by atoms with Gasteiger partial charge in [0.1, 0.15) is 11.2 Å². The standard InChI is InChI=1S/C18H15F4NO3S/c1-17(24,18(20,21)22)11-5-7-12(8-6-11)27(25,26)15-9-10-23-16-13(15)3-2-4-14(16)19/h2-8,24H,9-10H2,1H3. The Morgan fingerprint density at radius 1 is 1.07 bits per heavy atom. The minimum Gasteiger partial charge on any atom is -0.376 e. The normalized spacial score (nSPS) is 17.0. The van der Waals surface area contributed by atoms with Crippen LogP contribution in [0.5, 0.6) is 0 Å². The van der Waals surface area contributed by atoms with Crippen molar-refractivity contribution in [3.05, 3.63) is 64.4 Å². The summed E-state index contributed by atoms with van der Waals surface area (Å²) in [6.07, 6.45) is -4.86. The highest BCUT2D eigenvalue weighted by Gasteiger charge is 2.51. The number of nitrogens with zero attached hydrogens (tertiary/aromatic N) is 1. The van der Waals surface area contributed by atoms with Crippen molar-refractivity contribution in [3.8, 4) is 0 Å². The predicted octanol–water partition coefficient (Wildman–Crippen LogP) is 2.20. The van der Waals surface area contributed by atoms with Gasteiger partial charge in [-0.05, 0) is 30.7 Å². The molecule has 1 aliphatic heterocycles. The zero-order chi connectivity index (χ0) is 20.0. The third-order valence-corrected chi connectivity index (χ3v) is 6.46. The Bertz CT molecular complexity index is 1100. The molecular formula is C18H15F4NO3S. The Hall–Kier alpha value is -2.26. The second kappa shape index (κ2) is 6.42. The Kier molecular flexibility index (Phi) is 4.63. The molecule has 0 amide bonds. The van der Waals surface area contributed by atoms with Crippen LogP contribution in [0.3, 0.4) is 0 Å². The fourth-order valence-corrected chi connectivity index (χ4v) is 4.44. The molecule has 1 atom stereocenters. The molecule has 0 bridgehead atoms. The van der Waals surface area contributed by atoms with Crippen LogP contribution in [0.4, 0.5) is 17.6 Å². The third-order valence-electron chi connectivity index (χ3n) is 4.50. The van der Waals surface area contributed by atoms with Gasteiger partial charge in [0.2, 0.25) is 9.84 Å². The van der Waals surface area contributed by atoms with Crippen LogP contribution in [0.15, 0.2) is 52.4 Å². The van der Waals surface area contributed by atoms with Crippen molar-refractivity contribution in [3.63, 3.8) is 0 Å². The van der Waals surface area contributed by atoms with Gasteiger partial charge < -0.3 is 5.11 Å². The van der Waals surface area contributed by atoms with Gasteiger partial charge in [-0.25, -0.2) is 12.8 Å². The molecule has 0 saturated carbocycles. The van der Waals surface area contributed by atoms with Crippen LogP contribution < -0.4 is 10.6 Å². The number of fused-ring (bicyclic) bond motifs is 1. The lowest BCUT2D eigenvalue weighted by atomic mass is 9.96. The molecule has 0 radical (unpaired) electrons. The van der Waals surface area contributed by atoms with Crippen LogP contribution >= 0.6 is 0 Å². The first kappa shape index (κ1) is 19.5. The average Bonchev–Trinajstić information content (AvgIpc) is 2.61. The number of para-hydroxylation sites is 1. The Morgan fingerprint density at radius 2 is 1.70 bits per heavy atom. The number of hydrogen-bond acceptors (Lipinski definition) is 4. The molecule has 0 aliphatic carbocycles. The van der Waals surface area contributed by atoms with Gasteiger partial charge >= 0.3 is 6.18 Å². The van der Waals surface area contributed by atoms with Crippen molar-refractivity contribution in [2.45, 2.75) is 30.0 Å². The van der Waals surface area contributed by atoms with E-state index < -0.39 is 33.0 Å². The Balaban J connectivity index is 2.12. The van der Waals surface area contributed by atoms with E-state index in [1.54, 1.807) is 0 Å². The van der Waals surface area contributed by atoms with Gasteiger partial charge in [0.25, 0.3) is 0 Å². The second-order valence-corrected chi connectivity index (χ2v) is 8.26. The van der Waals surface area contributed by atoms with E-state index in [-0.39, 0.29) is 33.3 Å². The molecule has 0 fully saturated rings. The maximum absolute atomic E-state index is 13.9. The fourth-order valence-electron chi connectivity index (χ4n) is 2.85. The van der Waals surface area contributed by atoms with E-state index in [0.717, 1.165) is 24.3 Å². The Labute approximate surface area is 152 Å². The summed E-state index contributed by atoms with van der Waals surface area (Å²) in [4.78, 5) is 3.73. The van der Waals surface area contributed by atoms with Gasteiger partial charge in [0.05, 0.1) is 9.80 Å². The summed E-state index contributed by atoms with van der Waals surface area (Å²) >= 11 is 0. The fraction of sp³-hybridized carbons (Fsp3) is 0.278. The van der Waals surface area contributed by atoms with Gasteiger partial charge in [-0.3, -0.25) is 4.99 Å². The summed E-state index contributed by atoms with van der Waals surface area (Å²) in [5, 5.41) is 9.80. The lowest BCUT2D eigenvalue weighted by Gasteiger charge is -2.26. The number of hydrogen-bond donors (Lipinski definition) is 1. The first-order valence-corrected chi connectivity index (χ1v) is 9.41. The molecule has 1 N–H and O–H groups in total. The van der Waals surface area contributed by atoms with Crippen molar-refractivity contribution in [2.75, 3.05) is 6.54 Å². The van der Waals surface area contributed by atoms with Crippen LogP contribution in [0.2, 0.25) is 0 Å². The highest BCUT2D eigenvalue weighted by atomic mass is 32.2. The Morgan fingerprint density at radius 3 is 2.30 bits per heavy atom. The largest absolute Gasteiger partial charge is 0.421 e. The summed E-state index contributed by atoms with van der Waals surface area (Å²) in [5.41, 5.74) is -3.59. The third kappa shape index (κ3) is 3.25. The van der Waals surface area contributed by atoms with E-state index in [4.69, 9.17) is 0 Å². The number of aliphatic hydroxyl groups is 1. The van der Waals surface area contributed by atoms with E-state index in [1.807, 2.05) is 0 Å². The molecular weight excluding hydrogens is 386 g/mol. The maximum Gasteiger partial charge on any atom is 0.421 e. The highest BCUT2D eigenvalue weighted by molar-refractivity contribution is 8.00. The summed E-state index contributed by atoms with van der Waals surface area (Å²) in [6, 6.07) is 7.82. The van der Waals surface area contributed by atoms with E-state index in [9.17, 15) is 31.1 Å². The second-order valence-electron chi connectivity index (χ2n) is 6.29. The van der Waals surface area contributed by atoms with E-state index in [2.05, 4.69) is 4.99 Å². The monoisotopic (exact) mass is 401 g/mol. The van der Waals surface area contributed by atoms with Crippen LogP contribution in [0.1, 0.15) is 18.9 Å². The van der Waals surface area contributed by atoms with Crippen molar-refractivity contribution in [1.29, 1.82) is 0 Å². The van der Waals surface area contributed by atoms with Gasteiger partial charge in [0, 0.05) is 18.2 Å². The van der Waals surface area contributed by atoms with E-state index in [0.29, 0.717) is 6.92 Å². The quantitative estimate of drug-likeness (QED) is 0.802. The van der Waals surface area contributed by atoms with Gasteiger partial charge in [0.15, 0.2) is 5.60 Å². The molecule has 1 heterocycles. The molecule has 0 saturated heterocycles. The SMILES string of the molecule is CC(O)(c1ccc(S(=O)(=O)C2=c3cccc(F)c3=NCC2)cc1)C(F)(F)F. The maximum atomic E-state index is 13.9. The van der Waals surface area contributed by atoms with E-state index in [1.165, 1.54) is 18.2 Å². The molecule has 27 heavy (non-hydrogen) atoms. The first-order chi connectivity index (χ1) is 12.5. The molecule has 2 aromatic rings. The zero-order valence-corrected chi connectivity index (χ0v) is 14.9. The van der Waals surface area contributed by atoms with Crippen molar-refractivity contribution >= 4 is 14.7 Å². The zero-order valence-electron chi connectivity index (χ0n) is 14.1. The summed E-state index contributed by atoms with van der Waals surface area (Å²) in [6.45, 7) is 0.677. The lowest BCUT2D eigenvalue weighted by Crippen LogP contribution is -2.39. The molecule has 144 valence electrons. The lowest BCUT2D eigenvalue weighted by molar-refractivity contribution is -0.258. The number of rotatable bonds is 3. The average molecular weight is 401 g/mol. The number of sulfone groups is 1. The smallest absolute Gasteiger partial charge is 0.376 e. The van der Waals surface area contributed by atoms with Crippen LogP contribution in [0.25, 0.3) is 4.91 Å². The van der Waals surface area contributed by atoms with Crippen LogP contribution in [0, 0.1) is 5.82 Å². The molecule has 1 aliphatic rings. The molecule has 0 spiro atoms. The van der Waals surface area contributed by atoms with E-state index >= 15 is 0 Å². The minimum absolute atomic E-state index is 0.0395. The highest BCUT2D eigenvalue weighted by Crippen LogP contribution is 2.38. The van der Waals surface area contributed by atoms with Gasteiger partial charge in [-0.2, -0.15) is 13.2 Å². The van der Waals surface area contributed by atoms with Crippen LogP contribution in [-0.4, -0.2) is 26.2 Å². The van der Waals surface area contributed by atoms with Gasteiger partial charge in [-0.15, -0.1) is 0 Å². The van der Waals surface area contributed by atoms with Crippen molar-refractivity contribution in [2.24, 2.45) is 4.99 Å². The number of benzene rings is 2. The molecule has 3 rings (SSSR count). The molecule has 0 aromatic heterocycles. The van der Waals surface area contributed by atoms with Crippen molar-refractivity contribution < 1.29 is 31.1 Å². The first-order valence-electron chi connectivity index (χ1n) is 7.93. The van der Waals surface area contributed by atoms with Crippen LogP contribution in [-0.2, 0) is 15.4 Å². The molecule has 4 nitrogen and oxygen atoms in total. The summed E-state index contributed by atoms with van der Waals surface area (Å²) in [5.74, 6) is -0.642. The number of alkyl halides is 3. The topological polar surface area (TPSA) is 66.7 Å². The summed E-state index contributed by atoms with van der Waals surface area (Å²) in [7, 11) is -4.06. The minimum atomic E-state index is -4.91.